The van der Waals surface area contributed by atoms with Crippen molar-refractivity contribution in [2.45, 2.75) is 6.92 Å². The fraction of sp³-hybridized carbons (Fsp3) is 0.667. The minimum atomic E-state index is 0.899. The lowest BCUT2D eigenvalue weighted by Crippen LogP contribution is -1.52. The highest BCUT2D eigenvalue weighted by atomic mass is 32.2. The highest BCUT2D eigenvalue weighted by molar-refractivity contribution is 8.03. The number of hydrogen-bond donors (Lipinski definition) is 0. The van der Waals surface area contributed by atoms with E-state index >= 15 is 0 Å². The highest BCUT2D eigenvalue weighted by Crippen LogP contribution is 1.89. The van der Waals surface area contributed by atoms with Crippen molar-refractivity contribution in [2.24, 2.45) is 0 Å². The Morgan fingerprint density at radius 2 is 2.60 bits per heavy atom. The van der Waals surface area contributed by atoms with Crippen LogP contribution < -0.4 is 0 Å². The van der Waals surface area contributed by atoms with E-state index in [2.05, 4.69) is 0 Å². The van der Waals surface area contributed by atoms with Crippen molar-refractivity contribution in [1.29, 1.82) is 5.26 Å². The molecule has 0 aliphatic carbocycles. The Morgan fingerprint density at radius 3 is 2.60 bits per heavy atom. The third kappa shape index (κ3) is 3.84. The molecular weight excluding hydrogens is 81.1 g/mol. The average Bonchev–Trinajstić information content (AvgIpc) is 1.41. The predicted octanol–water partition coefficient (Wildman–Crippen LogP) is 1.22. The Hall–Kier alpha value is -0.160. The largest absolute Gasteiger partial charge is 0.185 e. The molecule has 0 aromatic carbocycles. The first kappa shape index (κ1) is 4.84. The van der Waals surface area contributed by atoms with Crippen molar-refractivity contribution in [3.8, 4) is 5.40 Å². The Bertz CT molecular complexity index is 45.3. The van der Waals surface area contributed by atoms with Crippen LogP contribution in [0.3, 0.4) is 0 Å². The molecule has 0 saturated carbocycles. The van der Waals surface area contributed by atoms with Gasteiger partial charge in [-0.3, -0.25) is 0 Å². The van der Waals surface area contributed by atoms with Gasteiger partial charge in [0.05, 0.1) is 0 Å². The lowest BCUT2D eigenvalue weighted by molar-refractivity contribution is 1.52. The summed E-state index contributed by atoms with van der Waals surface area (Å²) in [6.45, 7) is 1.95. The Labute approximate surface area is 36.0 Å². The van der Waals surface area contributed by atoms with E-state index in [1.807, 2.05) is 12.3 Å². The molecule has 0 aliphatic heterocycles. The molecule has 2 heteroatoms. The van der Waals surface area contributed by atoms with Crippen molar-refractivity contribution >= 4 is 11.8 Å². The summed E-state index contributed by atoms with van der Waals surface area (Å²) in [5.41, 5.74) is 0. The van der Waals surface area contributed by atoms with E-state index in [4.69, 9.17) is 5.26 Å². The summed E-state index contributed by atoms with van der Waals surface area (Å²) in [6.07, 6.45) is 0. The Balaban J connectivity index is 2.48. The van der Waals surface area contributed by atoms with E-state index in [1.54, 1.807) is 0 Å². The van der Waals surface area contributed by atoms with Crippen LogP contribution in [-0.4, -0.2) is 5.75 Å². The minimum absolute atomic E-state index is 0.899. The summed E-state index contributed by atoms with van der Waals surface area (Å²) in [5.74, 6) is 0.899. The molecule has 5 heavy (non-hydrogen) atoms. The van der Waals surface area contributed by atoms with E-state index < -0.39 is 0 Å². The number of rotatable bonds is 1. The van der Waals surface area contributed by atoms with E-state index in [0.29, 0.717) is 0 Å². The van der Waals surface area contributed by atoms with Gasteiger partial charge in [0.1, 0.15) is 5.40 Å². The van der Waals surface area contributed by atoms with Gasteiger partial charge in [0.25, 0.3) is 0 Å². The van der Waals surface area contributed by atoms with Gasteiger partial charge in [0.15, 0.2) is 0 Å². The van der Waals surface area contributed by atoms with Gasteiger partial charge in [0, 0.05) is 5.75 Å². The molecule has 0 aliphatic rings. The Morgan fingerprint density at radius 1 is 2.00 bits per heavy atom. The maximum absolute atomic E-state index is 7.78. The van der Waals surface area contributed by atoms with E-state index in [0.717, 1.165) is 5.75 Å². The number of nitriles is 1. The van der Waals surface area contributed by atoms with Gasteiger partial charge < -0.3 is 0 Å². The topological polar surface area (TPSA) is 23.8 Å². The van der Waals surface area contributed by atoms with Crippen molar-refractivity contribution < 1.29 is 0 Å². The van der Waals surface area contributed by atoms with Crippen LogP contribution in [0.1, 0.15) is 6.92 Å². The second kappa shape index (κ2) is 3.84. The standard InChI is InChI=1S/C3H5NS/c1-2-5-3-4/h2H2,1H3/i3-1. The first-order valence-electron chi connectivity index (χ1n) is 1.42. The molecule has 0 bridgehead atoms. The van der Waals surface area contributed by atoms with Gasteiger partial charge in [-0.15, -0.1) is 0 Å². The number of thioether (sulfide) groups is 1. The van der Waals surface area contributed by atoms with Crippen LogP contribution in [0.15, 0.2) is 0 Å². The second-order valence-corrected chi connectivity index (χ2v) is 1.57. The number of hydrogen-bond acceptors (Lipinski definition) is 2. The normalized spacial score (nSPS) is 6.40. The molecule has 0 spiro atoms. The number of nitrogens with zero attached hydrogens (tertiary/aromatic N) is 1. The van der Waals surface area contributed by atoms with Crippen LogP contribution in [-0.2, 0) is 0 Å². The van der Waals surface area contributed by atoms with Gasteiger partial charge in [-0.2, -0.15) is 5.26 Å². The third-order valence-electron chi connectivity index (χ3n) is 0.209. The summed E-state index contributed by atoms with van der Waals surface area (Å²) < 4.78 is 0. The van der Waals surface area contributed by atoms with Gasteiger partial charge in [-0.1, -0.05) is 6.92 Å². The molecule has 0 atom stereocenters. The van der Waals surface area contributed by atoms with Crippen LogP contribution in [0.25, 0.3) is 0 Å². The molecule has 0 heterocycles. The molecule has 0 rings (SSSR count). The molecule has 0 amide bonds. The van der Waals surface area contributed by atoms with Gasteiger partial charge in [0.2, 0.25) is 0 Å². The van der Waals surface area contributed by atoms with Crippen LogP contribution >= 0.6 is 11.8 Å². The summed E-state index contributed by atoms with van der Waals surface area (Å²) in [7, 11) is 0. The quantitative estimate of drug-likeness (QED) is 0.448. The van der Waals surface area contributed by atoms with Crippen LogP contribution in [0.5, 0.6) is 0 Å². The SMILES string of the molecule is CCS[11C]#N. The smallest absolute Gasteiger partial charge is 0.133 e. The summed E-state index contributed by atoms with van der Waals surface area (Å²) in [4.78, 5) is 0. The number of thiocyanates is 1. The van der Waals surface area contributed by atoms with Crippen molar-refractivity contribution in [1.82, 2.24) is 0 Å². The molecule has 28 valence electrons. The molecule has 0 radical (unpaired) electrons. The fourth-order valence-corrected chi connectivity index (χ4v) is 0.194. The molecule has 0 unspecified atom stereocenters. The van der Waals surface area contributed by atoms with Gasteiger partial charge >= 0.3 is 0 Å². The average molecular weight is 86.1 g/mol. The summed E-state index contributed by atoms with van der Waals surface area (Å²) >= 11 is 1.27. The van der Waals surface area contributed by atoms with E-state index in [-0.39, 0.29) is 0 Å². The lowest BCUT2D eigenvalue weighted by atomic mass is 10.8. The monoisotopic (exact) mass is 86.0 g/mol. The van der Waals surface area contributed by atoms with Gasteiger partial charge in [-0.25, -0.2) is 0 Å². The van der Waals surface area contributed by atoms with Crippen LogP contribution in [0, 0.1) is 10.7 Å². The Kier molecular flexibility index (Phi) is 3.72. The zero-order chi connectivity index (χ0) is 4.12. The van der Waals surface area contributed by atoms with Crippen molar-refractivity contribution in [3.63, 3.8) is 0 Å². The first-order valence-corrected chi connectivity index (χ1v) is 2.41. The molecule has 0 N–H and O–H groups in total. The van der Waals surface area contributed by atoms with Crippen molar-refractivity contribution in [3.05, 3.63) is 0 Å². The molecule has 0 aromatic rings. The maximum atomic E-state index is 7.78. The molecule has 0 aromatic heterocycles. The predicted molar refractivity (Wildman–Crippen MR) is 23.7 cm³/mol. The third-order valence-corrected chi connectivity index (χ3v) is 0.627. The van der Waals surface area contributed by atoms with E-state index in [1.165, 1.54) is 11.8 Å². The van der Waals surface area contributed by atoms with Crippen LogP contribution in [0.2, 0.25) is 0 Å². The maximum Gasteiger partial charge on any atom is 0.133 e. The first-order chi connectivity index (χ1) is 2.41. The molecule has 0 fully saturated rings. The zero-order valence-electron chi connectivity index (χ0n) is 3.06. The van der Waals surface area contributed by atoms with Crippen LogP contribution in [0.4, 0.5) is 0 Å². The minimum Gasteiger partial charge on any atom is -0.185 e. The molecule has 1 nitrogen and oxygen atoms in total. The highest BCUT2D eigenvalue weighted by Gasteiger charge is 1.65. The summed E-state index contributed by atoms with van der Waals surface area (Å²) in [6, 6.07) is 0. The van der Waals surface area contributed by atoms with Crippen molar-refractivity contribution in [2.75, 3.05) is 5.75 Å². The lowest BCUT2D eigenvalue weighted by Gasteiger charge is -1.65. The fourth-order valence-electron chi connectivity index (χ4n) is 0.0645. The van der Waals surface area contributed by atoms with Gasteiger partial charge in [-0.05, 0) is 11.8 Å². The van der Waals surface area contributed by atoms with E-state index in [9.17, 15) is 0 Å². The molecular formula is C3H5NS. The zero-order valence-corrected chi connectivity index (χ0v) is 3.88. The second-order valence-electron chi connectivity index (χ2n) is 0.524. The molecule has 0 saturated heterocycles. The summed E-state index contributed by atoms with van der Waals surface area (Å²) in [5, 5.41) is 9.71.